The van der Waals surface area contributed by atoms with Gasteiger partial charge in [-0.1, -0.05) is 18.2 Å². The summed E-state index contributed by atoms with van der Waals surface area (Å²) in [5.41, 5.74) is 17.7. The van der Waals surface area contributed by atoms with Crippen molar-refractivity contribution in [2.45, 2.75) is 155 Å². The van der Waals surface area contributed by atoms with Crippen molar-refractivity contribution < 1.29 is 13.2 Å². The van der Waals surface area contributed by atoms with Gasteiger partial charge in [0.05, 0.1) is 71.3 Å². The maximum Gasteiger partial charge on any atom is 0.161 e. The van der Waals surface area contributed by atoms with Gasteiger partial charge in [0.15, 0.2) is 52.4 Å². The van der Waals surface area contributed by atoms with Crippen LogP contribution in [0.25, 0.3) is 51.6 Å². The molecule has 0 aromatic carbocycles. The number of pyridine rings is 6. The number of piperazine rings is 3. The number of fused-ring (bicyclic) bond motifs is 6. The molecule has 9 aliphatic rings. The number of rotatable bonds is 21. The first-order valence-corrected chi connectivity index (χ1v) is 41.7. The lowest BCUT2D eigenvalue weighted by molar-refractivity contribution is -0.0345. The van der Waals surface area contributed by atoms with Gasteiger partial charge in [-0.3, -0.25) is 30.0 Å². The number of hydrogen-bond donors (Lipinski definition) is 3. The van der Waals surface area contributed by atoms with Crippen molar-refractivity contribution in [3.8, 4) is 51.6 Å². The molecular formula is C90H93F3N30. The van der Waals surface area contributed by atoms with E-state index in [1.165, 1.54) is 70.5 Å². The minimum atomic E-state index is -0.375. The van der Waals surface area contributed by atoms with Crippen molar-refractivity contribution >= 4 is 17.5 Å². The maximum atomic E-state index is 13.3. The summed E-state index contributed by atoms with van der Waals surface area (Å²) in [6.07, 6.45) is 24.3. The predicted molar refractivity (Wildman–Crippen MR) is 456 cm³/mol. The summed E-state index contributed by atoms with van der Waals surface area (Å²) in [5.74, 6) is 5.69. The highest BCUT2D eigenvalue weighted by atomic mass is 19.1. The Morgan fingerprint density at radius 1 is 0.317 bits per heavy atom. The second-order valence-corrected chi connectivity index (χ2v) is 33.2. The molecule has 9 aliphatic heterocycles. The number of hydrogen-bond acceptors (Lipinski definition) is 24. The fraction of sp³-hybridized carbons (Fsp3) is 0.333. The van der Waals surface area contributed by atoms with Gasteiger partial charge < -0.3 is 14.7 Å². The van der Waals surface area contributed by atoms with Crippen molar-refractivity contribution in [1.82, 2.24) is 134 Å². The van der Waals surface area contributed by atoms with Crippen LogP contribution in [0.1, 0.15) is 143 Å². The minimum absolute atomic E-state index is 0.241. The lowest BCUT2D eigenvalue weighted by atomic mass is 9.84. The van der Waals surface area contributed by atoms with Crippen LogP contribution in [0.15, 0.2) is 184 Å². The number of piperidine rings is 3. The van der Waals surface area contributed by atoms with E-state index >= 15 is 0 Å². The van der Waals surface area contributed by atoms with Gasteiger partial charge in [0.25, 0.3) is 0 Å². The van der Waals surface area contributed by atoms with Crippen LogP contribution in [0.3, 0.4) is 0 Å². The Kier molecular flexibility index (Phi) is 21.6. The summed E-state index contributed by atoms with van der Waals surface area (Å²) in [5, 5.41) is 34.0. The van der Waals surface area contributed by atoms with E-state index in [1.807, 2.05) is 133 Å². The molecule has 9 saturated heterocycles. The molecule has 0 radical (unpaired) electrons. The van der Waals surface area contributed by atoms with Gasteiger partial charge in [-0.05, 0) is 189 Å². The Morgan fingerprint density at radius 3 is 0.805 bits per heavy atom. The molecule has 0 aliphatic carbocycles. The van der Waals surface area contributed by atoms with Crippen LogP contribution in [0, 0.1) is 59.0 Å². The molecule has 30 nitrogen and oxygen atoms in total. The van der Waals surface area contributed by atoms with Crippen molar-refractivity contribution in [3.63, 3.8) is 0 Å². The van der Waals surface area contributed by atoms with Crippen LogP contribution in [0.4, 0.5) is 30.6 Å². The molecule has 123 heavy (non-hydrogen) atoms. The van der Waals surface area contributed by atoms with Gasteiger partial charge in [-0.25, -0.2) is 87.0 Å². The molecule has 33 heteroatoms. The van der Waals surface area contributed by atoms with E-state index in [9.17, 15) is 13.2 Å². The number of nitrogens with one attached hydrogen (secondary N) is 3. The number of halogens is 3. The Balaban J connectivity index is 0.000000121. The average Bonchev–Trinajstić information content (AvgIpc) is 1.44. The zero-order chi connectivity index (χ0) is 84.3. The summed E-state index contributed by atoms with van der Waals surface area (Å²) in [6.45, 7) is 24.2. The zero-order valence-corrected chi connectivity index (χ0v) is 69.7. The van der Waals surface area contributed by atoms with E-state index in [2.05, 4.69) is 181 Å². The van der Waals surface area contributed by atoms with E-state index in [0.717, 1.165) is 158 Å². The number of nitrogens with zero attached hydrogens (tertiary/aromatic N) is 27. The third kappa shape index (κ3) is 17.1. The number of aromatic nitrogens is 24. The summed E-state index contributed by atoms with van der Waals surface area (Å²) >= 11 is 0. The Bertz CT molecular complexity index is 5590. The van der Waals surface area contributed by atoms with Gasteiger partial charge in [0.2, 0.25) is 0 Å². The molecule has 3 N–H and O–H groups in total. The highest BCUT2D eigenvalue weighted by Gasteiger charge is 2.50. The van der Waals surface area contributed by atoms with E-state index < -0.39 is 0 Å². The van der Waals surface area contributed by atoms with Gasteiger partial charge >= 0.3 is 0 Å². The SMILES string of the molecule is Cc1cc(Cc2cc(C)[nH]n2)nc(-c2ccc(N3CC4CC(C3)N4C(C)c3ccc(-n4cc(F)cn4)nc3)nc2)n1.Cc1cc(Cc2cc(C)[nH]n2)nc(-c2ccc(N3CC4CC(C3)N4C(C)c3ccc(-n4cc(F)cn4)nc3)nc2)n1.Cc1cc(Cc2cc(C)[nH]n2)nc(-c2ccc(N3CC4CC(C3)N4C(C)c3ccc(-n4cc(F)cn4)nc3)nc2)n1. The normalized spacial score (nSPS) is 19.3. The molecule has 6 bridgehead atoms. The molecule has 9 atom stereocenters. The smallest absolute Gasteiger partial charge is 0.161 e. The van der Waals surface area contributed by atoms with Crippen molar-refractivity contribution in [3.05, 3.63) is 286 Å². The van der Waals surface area contributed by atoms with Gasteiger partial charge in [-0.2, -0.15) is 30.6 Å². The van der Waals surface area contributed by atoms with Crippen LogP contribution in [0.5, 0.6) is 0 Å². The third-order valence-corrected chi connectivity index (χ3v) is 24.3. The second kappa shape index (κ2) is 33.5. The van der Waals surface area contributed by atoms with Crippen molar-refractivity contribution in [1.29, 1.82) is 0 Å². The third-order valence-electron chi connectivity index (χ3n) is 24.3. The molecular weight excluding hydrogens is 1560 g/mol. The fourth-order valence-electron chi connectivity index (χ4n) is 18.4. The highest BCUT2D eigenvalue weighted by molar-refractivity contribution is 5.60. The molecule has 624 valence electrons. The minimum Gasteiger partial charge on any atom is -0.353 e. The number of aryl methyl sites for hydroxylation is 6. The Labute approximate surface area is 708 Å². The molecule has 9 unspecified atom stereocenters. The number of anilines is 3. The first-order chi connectivity index (χ1) is 59.7. The van der Waals surface area contributed by atoms with Crippen molar-refractivity contribution in [2.24, 2.45) is 0 Å². The van der Waals surface area contributed by atoms with E-state index in [1.54, 1.807) is 0 Å². The molecule has 24 heterocycles. The molecule has 15 aromatic rings. The Hall–Kier alpha value is -13.5. The largest absolute Gasteiger partial charge is 0.353 e. The maximum absolute atomic E-state index is 13.3. The van der Waals surface area contributed by atoms with Gasteiger partial charge in [-0.15, -0.1) is 0 Å². The quantitative estimate of drug-likeness (QED) is 0.0602. The second-order valence-electron chi connectivity index (χ2n) is 33.2. The topological polar surface area (TPSA) is 314 Å². The Morgan fingerprint density at radius 2 is 0.585 bits per heavy atom. The molecule has 24 rings (SSSR count). The standard InChI is InChI=1S/3C30H31FN10/c3*1-18-8-24(10-25-9-19(2)37-38-25)36-30(35-18)22-5-6-28(32-13-22)39-16-26-11-27(17-39)41(26)20(3)21-4-7-29(33-12-21)40-15-23(31)14-34-40/h3*4-9,12-15,20,26-27H,10-11,16-17H2,1-3H3,(H,37,38). The van der Waals surface area contributed by atoms with Gasteiger partial charge in [0.1, 0.15) is 17.5 Å². The summed E-state index contributed by atoms with van der Waals surface area (Å²) < 4.78 is 44.3. The van der Waals surface area contributed by atoms with Gasteiger partial charge in [0, 0.05) is 201 Å². The van der Waals surface area contributed by atoms with Crippen molar-refractivity contribution in [2.75, 3.05) is 54.0 Å². The zero-order valence-electron chi connectivity index (χ0n) is 69.7. The molecule has 0 spiro atoms. The van der Waals surface area contributed by atoms with E-state index in [-0.39, 0.29) is 35.6 Å². The van der Waals surface area contributed by atoms with Crippen LogP contribution in [0.2, 0.25) is 0 Å². The molecule has 15 aromatic heterocycles. The fourth-order valence-corrected chi connectivity index (χ4v) is 18.4. The summed E-state index contributed by atoms with van der Waals surface area (Å²) in [6, 6.07) is 39.9. The van der Waals surface area contributed by atoms with E-state index in [0.29, 0.717) is 90.4 Å². The average molecular weight is 1650 g/mol. The molecule has 0 amide bonds. The highest BCUT2D eigenvalue weighted by Crippen LogP contribution is 2.44. The summed E-state index contributed by atoms with van der Waals surface area (Å²) in [7, 11) is 0. The number of aromatic amines is 3. The lowest BCUT2D eigenvalue weighted by Crippen LogP contribution is -2.69. The monoisotopic (exact) mass is 1650 g/mol. The first kappa shape index (κ1) is 79.3. The van der Waals surface area contributed by atoms with E-state index in [4.69, 9.17) is 29.9 Å². The molecule has 0 saturated carbocycles. The summed E-state index contributed by atoms with van der Waals surface area (Å²) in [4.78, 5) is 71.3. The van der Waals surface area contributed by atoms with Crippen LogP contribution >= 0.6 is 0 Å². The van der Waals surface area contributed by atoms with Crippen LogP contribution < -0.4 is 14.7 Å². The first-order valence-electron chi connectivity index (χ1n) is 41.7. The number of H-pyrrole nitrogens is 3. The van der Waals surface area contributed by atoms with Crippen LogP contribution in [-0.4, -0.2) is 210 Å². The van der Waals surface area contributed by atoms with Crippen LogP contribution in [-0.2, 0) is 19.3 Å². The predicted octanol–water partition coefficient (Wildman–Crippen LogP) is 12.6. The molecule has 9 fully saturated rings. The lowest BCUT2D eigenvalue weighted by Gasteiger charge is -2.59.